The van der Waals surface area contributed by atoms with Gasteiger partial charge in [0.2, 0.25) is 5.95 Å². The van der Waals surface area contributed by atoms with E-state index in [2.05, 4.69) is 33.9 Å². The number of rotatable bonds is 2. The summed E-state index contributed by atoms with van der Waals surface area (Å²) >= 11 is 0. The van der Waals surface area contributed by atoms with Crippen molar-refractivity contribution in [2.24, 2.45) is 5.92 Å². The lowest BCUT2D eigenvalue weighted by atomic mass is 9.97. The number of aromatic nitrogens is 2. The first kappa shape index (κ1) is 13.0. The molecule has 0 spiro atoms. The highest BCUT2D eigenvalue weighted by Gasteiger charge is 2.26. The van der Waals surface area contributed by atoms with E-state index in [-0.39, 0.29) is 11.9 Å². The van der Waals surface area contributed by atoms with Crippen molar-refractivity contribution >= 4 is 23.0 Å². The van der Waals surface area contributed by atoms with Gasteiger partial charge in [0, 0.05) is 13.1 Å². The van der Waals surface area contributed by atoms with Gasteiger partial charge in [-0.15, -0.1) is 0 Å². The molecule has 3 rings (SSSR count). The van der Waals surface area contributed by atoms with E-state index in [4.69, 9.17) is 4.74 Å². The third kappa shape index (κ3) is 2.35. The van der Waals surface area contributed by atoms with Crippen molar-refractivity contribution in [1.82, 2.24) is 9.97 Å². The number of nitrogens with one attached hydrogen (secondary N) is 1. The molecule has 0 bridgehead atoms. The Balaban J connectivity index is 1.75. The molecule has 5 nitrogen and oxygen atoms in total. The lowest BCUT2D eigenvalue weighted by Crippen LogP contribution is -2.37. The number of piperidine rings is 1. The van der Waals surface area contributed by atoms with Gasteiger partial charge in [-0.1, -0.05) is 6.07 Å². The zero-order valence-corrected chi connectivity index (χ0v) is 11.8. The molecule has 1 N–H and O–H groups in total. The quantitative estimate of drug-likeness (QED) is 0.853. The molecule has 1 saturated heterocycles. The fourth-order valence-corrected chi connectivity index (χ4v) is 2.75. The molecule has 0 atom stereocenters. The van der Waals surface area contributed by atoms with Crippen molar-refractivity contribution in [3.63, 3.8) is 0 Å². The molecule has 1 aromatic carbocycles. The molecule has 1 aromatic heterocycles. The summed E-state index contributed by atoms with van der Waals surface area (Å²) in [5.41, 5.74) is 3.27. The number of fused-ring (bicyclic) bond motifs is 1. The number of esters is 1. The summed E-state index contributed by atoms with van der Waals surface area (Å²) in [5, 5.41) is 0. The highest BCUT2D eigenvalue weighted by atomic mass is 16.5. The van der Waals surface area contributed by atoms with Crippen LogP contribution in [0.3, 0.4) is 0 Å². The summed E-state index contributed by atoms with van der Waals surface area (Å²) < 4.78 is 4.81. The van der Waals surface area contributed by atoms with Gasteiger partial charge < -0.3 is 14.6 Å². The summed E-state index contributed by atoms with van der Waals surface area (Å²) in [6.07, 6.45) is 1.64. The van der Waals surface area contributed by atoms with Crippen LogP contribution in [0.5, 0.6) is 0 Å². The number of carbonyl (C=O) groups is 1. The third-order valence-electron chi connectivity index (χ3n) is 3.95. The molecule has 5 heteroatoms. The van der Waals surface area contributed by atoms with Crippen LogP contribution in [0.1, 0.15) is 18.4 Å². The molecule has 0 amide bonds. The van der Waals surface area contributed by atoms with Crippen LogP contribution in [0.25, 0.3) is 11.0 Å². The minimum Gasteiger partial charge on any atom is -0.469 e. The van der Waals surface area contributed by atoms with Gasteiger partial charge in [0.25, 0.3) is 0 Å². The number of hydrogen-bond donors (Lipinski definition) is 1. The molecule has 0 saturated carbocycles. The second-order valence-corrected chi connectivity index (χ2v) is 5.37. The van der Waals surface area contributed by atoms with Crippen LogP contribution in [-0.2, 0) is 9.53 Å². The lowest BCUT2D eigenvalue weighted by molar-refractivity contribution is -0.146. The van der Waals surface area contributed by atoms with E-state index < -0.39 is 0 Å². The van der Waals surface area contributed by atoms with Gasteiger partial charge >= 0.3 is 5.97 Å². The number of aryl methyl sites for hydroxylation is 1. The highest BCUT2D eigenvalue weighted by molar-refractivity contribution is 5.78. The molecule has 2 aromatic rings. The molecule has 0 unspecified atom stereocenters. The number of methoxy groups -OCH3 is 1. The maximum atomic E-state index is 11.5. The van der Waals surface area contributed by atoms with Crippen molar-refractivity contribution in [2.45, 2.75) is 19.8 Å². The van der Waals surface area contributed by atoms with Crippen molar-refractivity contribution in [2.75, 3.05) is 25.1 Å². The van der Waals surface area contributed by atoms with Crippen LogP contribution in [-0.4, -0.2) is 36.1 Å². The number of carbonyl (C=O) groups excluding carboxylic acids is 1. The monoisotopic (exact) mass is 273 g/mol. The van der Waals surface area contributed by atoms with E-state index >= 15 is 0 Å². The molecular weight excluding hydrogens is 254 g/mol. The number of nitrogens with zero attached hydrogens (tertiary/aromatic N) is 2. The Hall–Kier alpha value is -2.04. The minimum absolute atomic E-state index is 0.0304. The van der Waals surface area contributed by atoms with E-state index in [0.717, 1.165) is 42.9 Å². The lowest BCUT2D eigenvalue weighted by Gasteiger charge is -2.30. The average molecular weight is 273 g/mol. The van der Waals surface area contributed by atoms with Crippen molar-refractivity contribution < 1.29 is 9.53 Å². The predicted molar refractivity (Wildman–Crippen MR) is 77.8 cm³/mol. The van der Waals surface area contributed by atoms with E-state index in [9.17, 15) is 4.79 Å². The average Bonchev–Trinajstić information content (AvgIpc) is 2.89. The normalized spacial score (nSPS) is 16.6. The molecule has 1 aliphatic rings. The first-order valence-corrected chi connectivity index (χ1v) is 6.96. The van der Waals surface area contributed by atoms with Gasteiger partial charge in [0.15, 0.2) is 0 Å². The molecule has 2 heterocycles. The molecule has 0 aliphatic carbocycles. The Labute approximate surface area is 117 Å². The van der Waals surface area contributed by atoms with E-state index in [1.165, 1.54) is 12.7 Å². The van der Waals surface area contributed by atoms with E-state index in [1.54, 1.807) is 0 Å². The summed E-state index contributed by atoms with van der Waals surface area (Å²) in [4.78, 5) is 21.7. The molecule has 1 aliphatic heterocycles. The van der Waals surface area contributed by atoms with Gasteiger partial charge in [-0.3, -0.25) is 4.79 Å². The smallest absolute Gasteiger partial charge is 0.308 e. The summed E-state index contributed by atoms with van der Waals surface area (Å²) in [7, 11) is 1.45. The number of hydrogen-bond acceptors (Lipinski definition) is 4. The Morgan fingerprint density at radius 3 is 2.85 bits per heavy atom. The predicted octanol–water partition coefficient (Wildman–Crippen LogP) is 2.26. The van der Waals surface area contributed by atoms with Crippen LogP contribution in [0, 0.1) is 12.8 Å². The molecule has 106 valence electrons. The van der Waals surface area contributed by atoms with E-state index in [0.29, 0.717) is 0 Å². The van der Waals surface area contributed by atoms with Gasteiger partial charge in [0.1, 0.15) is 0 Å². The van der Waals surface area contributed by atoms with Crippen LogP contribution >= 0.6 is 0 Å². The third-order valence-corrected chi connectivity index (χ3v) is 3.95. The zero-order valence-electron chi connectivity index (χ0n) is 11.8. The Kier molecular flexibility index (Phi) is 3.34. The number of ether oxygens (including phenoxy) is 1. The Morgan fingerprint density at radius 2 is 2.15 bits per heavy atom. The second-order valence-electron chi connectivity index (χ2n) is 5.37. The fourth-order valence-electron chi connectivity index (χ4n) is 2.75. The summed E-state index contributed by atoms with van der Waals surface area (Å²) in [6, 6.07) is 6.20. The number of H-pyrrole nitrogens is 1. The van der Waals surface area contributed by atoms with Crippen LogP contribution in [0.4, 0.5) is 5.95 Å². The summed E-state index contributed by atoms with van der Waals surface area (Å²) in [5.74, 6) is 0.835. The maximum absolute atomic E-state index is 11.5. The van der Waals surface area contributed by atoms with E-state index in [1.807, 2.05) is 6.07 Å². The topological polar surface area (TPSA) is 58.2 Å². The Morgan fingerprint density at radius 1 is 1.40 bits per heavy atom. The summed E-state index contributed by atoms with van der Waals surface area (Å²) in [6.45, 7) is 3.74. The zero-order chi connectivity index (χ0) is 14.1. The Bertz CT molecular complexity index is 627. The SMILES string of the molecule is COC(=O)C1CCN(c2nc3ccc(C)cc3[nH]2)CC1. The standard InChI is InChI=1S/C15H19N3O2/c1-10-3-4-12-13(9-10)17-15(16-12)18-7-5-11(6-8-18)14(19)20-2/h3-4,9,11H,5-8H2,1-2H3,(H,16,17). The maximum Gasteiger partial charge on any atom is 0.308 e. The molecule has 20 heavy (non-hydrogen) atoms. The number of anilines is 1. The van der Waals surface area contributed by atoms with Crippen LogP contribution < -0.4 is 4.90 Å². The molecule has 0 radical (unpaired) electrons. The van der Waals surface area contributed by atoms with Crippen molar-refractivity contribution in [3.05, 3.63) is 23.8 Å². The van der Waals surface area contributed by atoms with Gasteiger partial charge in [-0.25, -0.2) is 4.98 Å². The number of benzene rings is 1. The second kappa shape index (κ2) is 5.15. The van der Waals surface area contributed by atoms with Crippen molar-refractivity contribution in [1.29, 1.82) is 0 Å². The minimum atomic E-state index is -0.0927. The molecular formula is C15H19N3O2. The van der Waals surface area contributed by atoms with Crippen molar-refractivity contribution in [3.8, 4) is 0 Å². The fraction of sp³-hybridized carbons (Fsp3) is 0.467. The largest absolute Gasteiger partial charge is 0.469 e. The van der Waals surface area contributed by atoms with Crippen LogP contribution in [0.15, 0.2) is 18.2 Å². The first-order valence-electron chi connectivity index (χ1n) is 6.96. The van der Waals surface area contributed by atoms with Gasteiger partial charge in [0.05, 0.1) is 24.1 Å². The number of imidazole rings is 1. The van der Waals surface area contributed by atoms with Gasteiger partial charge in [-0.05, 0) is 37.5 Å². The number of aromatic amines is 1. The highest BCUT2D eigenvalue weighted by Crippen LogP contribution is 2.24. The molecule has 1 fully saturated rings. The van der Waals surface area contributed by atoms with Crippen LogP contribution in [0.2, 0.25) is 0 Å². The first-order chi connectivity index (χ1) is 9.67. The van der Waals surface area contributed by atoms with Gasteiger partial charge in [-0.2, -0.15) is 0 Å².